The molecule has 0 atom stereocenters. The van der Waals surface area contributed by atoms with Gasteiger partial charge in [0, 0.05) is 22.9 Å². The molecule has 192 valence electrons. The quantitative estimate of drug-likeness (QED) is 0.361. The Kier molecular flexibility index (Phi) is 7.98. The highest BCUT2D eigenvalue weighted by molar-refractivity contribution is 5.94. The molecule has 3 aromatic carbocycles. The summed E-state index contributed by atoms with van der Waals surface area (Å²) >= 11 is 0. The Hall–Kier alpha value is -4.76. The van der Waals surface area contributed by atoms with Crippen LogP contribution in [0.5, 0.6) is 11.6 Å². The van der Waals surface area contributed by atoms with Gasteiger partial charge in [0.2, 0.25) is 5.88 Å². The zero-order valence-corrected chi connectivity index (χ0v) is 20.0. The fourth-order valence-electron chi connectivity index (χ4n) is 3.64. The molecule has 0 unspecified atom stereocenters. The van der Waals surface area contributed by atoms with E-state index >= 15 is 0 Å². The lowest BCUT2D eigenvalue weighted by molar-refractivity contribution is -0.386. The molecule has 0 spiro atoms. The van der Waals surface area contributed by atoms with Crippen molar-refractivity contribution in [1.82, 2.24) is 9.97 Å². The van der Waals surface area contributed by atoms with Crippen LogP contribution >= 0.6 is 0 Å². The summed E-state index contributed by atoms with van der Waals surface area (Å²) in [6.45, 7) is 0.767. The number of ether oxygens (including phenoxy) is 1. The summed E-state index contributed by atoms with van der Waals surface area (Å²) in [4.78, 5) is 18.3. The number of quaternary nitrogens is 1. The highest BCUT2D eigenvalue weighted by Gasteiger charge is 2.28. The summed E-state index contributed by atoms with van der Waals surface area (Å²) in [5.74, 6) is -1.71. The maximum absolute atomic E-state index is 10.5. The van der Waals surface area contributed by atoms with Crippen molar-refractivity contribution >= 4 is 16.9 Å². The molecule has 5 rings (SSSR count). The third-order valence-electron chi connectivity index (χ3n) is 5.50. The minimum atomic E-state index is -5.19. The van der Waals surface area contributed by atoms with Gasteiger partial charge in [0.1, 0.15) is 11.7 Å². The van der Waals surface area contributed by atoms with Gasteiger partial charge < -0.3 is 20.4 Å². The number of hydrogen-bond donors (Lipinski definition) is 1. The van der Waals surface area contributed by atoms with E-state index in [0.717, 1.165) is 45.6 Å². The number of carboxylic acids is 1. The maximum Gasteiger partial charge on any atom is 0.430 e. The Balaban J connectivity index is 0.000000426. The molecular weight excluding hydrogens is 495 g/mol. The van der Waals surface area contributed by atoms with Gasteiger partial charge >= 0.3 is 6.18 Å². The van der Waals surface area contributed by atoms with E-state index in [-0.39, 0.29) is 0 Å². The molecule has 9 heteroatoms. The van der Waals surface area contributed by atoms with Crippen LogP contribution in [-0.4, -0.2) is 22.1 Å². The number of benzene rings is 3. The Morgan fingerprint density at radius 2 is 1.47 bits per heavy atom. The van der Waals surface area contributed by atoms with Crippen molar-refractivity contribution in [2.75, 3.05) is 0 Å². The molecule has 0 saturated carbocycles. The second-order valence-corrected chi connectivity index (χ2v) is 8.08. The second kappa shape index (κ2) is 11.5. The SMILES string of the molecule is O=C([O-])C(F)(F)F.[NH3+]Cc1ccc(-c2nc3ccnc(Oc4ccccc4)c3cc2-c2ccccc2)cc1. The average molecular weight is 518 g/mol. The van der Waals surface area contributed by atoms with Gasteiger partial charge in [0.25, 0.3) is 0 Å². The minimum absolute atomic E-state index is 0.548. The van der Waals surface area contributed by atoms with Crippen molar-refractivity contribution in [3.05, 3.63) is 109 Å². The summed E-state index contributed by atoms with van der Waals surface area (Å²) in [5.41, 5.74) is 10.2. The third kappa shape index (κ3) is 6.32. The second-order valence-electron chi connectivity index (χ2n) is 8.08. The lowest BCUT2D eigenvalue weighted by atomic mass is 9.97. The lowest BCUT2D eigenvalue weighted by Crippen LogP contribution is -2.47. The van der Waals surface area contributed by atoms with Crippen molar-refractivity contribution in [1.29, 1.82) is 0 Å². The van der Waals surface area contributed by atoms with Crippen molar-refractivity contribution in [2.45, 2.75) is 12.7 Å². The molecule has 3 N–H and O–H groups in total. The number of para-hydroxylation sites is 1. The zero-order valence-electron chi connectivity index (χ0n) is 20.0. The molecule has 0 aliphatic carbocycles. The largest absolute Gasteiger partial charge is 0.542 e. The molecule has 0 radical (unpaired) electrons. The van der Waals surface area contributed by atoms with Crippen LogP contribution in [0.2, 0.25) is 0 Å². The van der Waals surface area contributed by atoms with E-state index in [2.05, 4.69) is 53.2 Å². The highest BCUT2D eigenvalue weighted by Crippen LogP contribution is 2.36. The Morgan fingerprint density at radius 1 is 0.868 bits per heavy atom. The predicted molar refractivity (Wildman–Crippen MR) is 135 cm³/mol. The fourth-order valence-corrected chi connectivity index (χ4v) is 3.64. The first kappa shape index (κ1) is 26.3. The van der Waals surface area contributed by atoms with E-state index in [4.69, 9.17) is 19.6 Å². The van der Waals surface area contributed by atoms with E-state index in [0.29, 0.717) is 5.88 Å². The summed E-state index contributed by atoms with van der Waals surface area (Å²) < 4.78 is 37.6. The van der Waals surface area contributed by atoms with Crippen LogP contribution in [0.3, 0.4) is 0 Å². The molecule has 0 aliphatic heterocycles. The number of rotatable bonds is 5. The zero-order chi connectivity index (χ0) is 27.1. The molecule has 0 aliphatic rings. The summed E-state index contributed by atoms with van der Waals surface area (Å²) in [6.07, 6.45) is -3.45. The van der Waals surface area contributed by atoms with Crippen molar-refractivity contribution in [2.24, 2.45) is 0 Å². The number of nitrogens with zero attached hydrogens (tertiary/aromatic N) is 2. The van der Waals surface area contributed by atoms with Gasteiger partial charge in [-0.05, 0) is 29.8 Å². The first-order valence-electron chi connectivity index (χ1n) is 11.5. The number of carbonyl (C=O) groups excluding carboxylic acids is 1. The summed E-state index contributed by atoms with van der Waals surface area (Å²) in [7, 11) is 0. The van der Waals surface area contributed by atoms with E-state index < -0.39 is 12.1 Å². The topological polar surface area (TPSA) is 103 Å². The third-order valence-corrected chi connectivity index (χ3v) is 5.50. The molecule has 0 amide bonds. The minimum Gasteiger partial charge on any atom is -0.542 e. The van der Waals surface area contributed by atoms with Gasteiger partial charge in [-0.2, -0.15) is 13.2 Å². The van der Waals surface area contributed by atoms with Crippen LogP contribution in [0.25, 0.3) is 33.3 Å². The molecule has 5 aromatic rings. The number of pyridine rings is 2. The average Bonchev–Trinajstić information content (AvgIpc) is 2.93. The van der Waals surface area contributed by atoms with Crippen molar-refractivity contribution in [3.63, 3.8) is 0 Å². The highest BCUT2D eigenvalue weighted by atomic mass is 19.4. The summed E-state index contributed by atoms with van der Waals surface area (Å²) in [6, 6.07) is 32.5. The molecule has 0 saturated heterocycles. The molecule has 2 heterocycles. The molecule has 38 heavy (non-hydrogen) atoms. The van der Waals surface area contributed by atoms with Gasteiger partial charge in [0.05, 0.1) is 23.1 Å². The predicted octanol–water partition coefficient (Wildman–Crippen LogP) is 4.80. The fraction of sp³-hybridized carbons (Fsp3) is 0.0690. The van der Waals surface area contributed by atoms with E-state index in [1.807, 2.05) is 54.6 Å². The molecule has 0 bridgehead atoms. The van der Waals surface area contributed by atoms with Crippen LogP contribution in [0.1, 0.15) is 5.56 Å². The van der Waals surface area contributed by atoms with Crippen LogP contribution < -0.4 is 15.6 Å². The Morgan fingerprint density at radius 3 is 2.05 bits per heavy atom. The first-order chi connectivity index (χ1) is 18.3. The number of aliphatic carboxylic acids is 1. The smallest absolute Gasteiger partial charge is 0.430 e. The van der Waals surface area contributed by atoms with Gasteiger partial charge in [-0.3, -0.25) is 0 Å². The van der Waals surface area contributed by atoms with E-state index in [1.165, 1.54) is 5.56 Å². The summed E-state index contributed by atoms with van der Waals surface area (Å²) in [5, 5.41) is 9.66. The van der Waals surface area contributed by atoms with Crippen LogP contribution in [0.15, 0.2) is 103 Å². The van der Waals surface area contributed by atoms with Gasteiger partial charge in [-0.15, -0.1) is 0 Å². The van der Waals surface area contributed by atoms with Gasteiger partial charge in [-0.1, -0.05) is 72.8 Å². The van der Waals surface area contributed by atoms with E-state index in [1.54, 1.807) is 6.20 Å². The normalized spacial score (nSPS) is 10.9. The monoisotopic (exact) mass is 517 g/mol. The number of alkyl halides is 3. The van der Waals surface area contributed by atoms with Crippen molar-refractivity contribution < 1.29 is 33.5 Å². The van der Waals surface area contributed by atoms with Gasteiger partial charge in [0.15, 0.2) is 0 Å². The van der Waals surface area contributed by atoms with E-state index in [9.17, 15) is 13.2 Å². The molecular formula is C29H22F3N3O3. The Bertz CT molecular complexity index is 1530. The number of aromatic nitrogens is 2. The van der Waals surface area contributed by atoms with Crippen LogP contribution in [-0.2, 0) is 11.3 Å². The van der Waals surface area contributed by atoms with Crippen LogP contribution in [0.4, 0.5) is 13.2 Å². The standard InChI is InChI=1S/C27H21N3O.C2HF3O2/c28-18-19-11-13-21(14-12-19)26-23(20-7-3-1-4-8-20)17-24-25(30-26)15-16-29-27(24)31-22-9-5-2-6-10-22;3-2(4,5)1(6)7/h1-17H,18,28H2;(H,6,7). The number of carbonyl (C=O) groups is 1. The number of carboxylic acid groups (broad SMARTS) is 1. The maximum atomic E-state index is 10.5. The molecule has 0 fully saturated rings. The number of fused-ring (bicyclic) bond motifs is 1. The van der Waals surface area contributed by atoms with Crippen LogP contribution in [0, 0.1) is 0 Å². The lowest BCUT2D eigenvalue weighted by Gasteiger charge is -2.14. The van der Waals surface area contributed by atoms with Gasteiger partial charge in [-0.25, -0.2) is 9.97 Å². The number of halogens is 3. The molecule has 2 aromatic heterocycles. The molecule has 6 nitrogen and oxygen atoms in total. The first-order valence-corrected chi connectivity index (χ1v) is 11.5. The number of hydrogen-bond acceptors (Lipinski definition) is 5. The Labute approximate surface area is 216 Å². The van der Waals surface area contributed by atoms with Crippen molar-refractivity contribution in [3.8, 4) is 34.0 Å².